The fourth-order valence-electron chi connectivity index (χ4n) is 1.89. The maximum Gasteiger partial charge on any atom is 0.239 e. The predicted molar refractivity (Wildman–Crippen MR) is 89.6 cm³/mol. The SMILES string of the molecule is CS(=O)(=O)N(CC(=O)Nc1ccccc1Cl)Cc1ccncc1. The fraction of sp³-hybridized carbons (Fsp3) is 0.200. The smallest absolute Gasteiger partial charge is 0.239 e. The van der Waals surface area contributed by atoms with Crippen LogP contribution in [0.1, 0.15) is 5.56 Å². The molecule has 0 radical (unpaired) electrons. The van der Waals surface area contributed by atoms with Gasteiger partial charge in [0.1, 0.15) is 0 Å². The Kier molecular flexibility index (Phi) is 5.70. The van der Waals surface area contributed by atoms with Gasteiger partial charge in [-0.15, -0.1) is 0 Å². The Bertz CT molecular complexity index is 782. The Labute approximate surface area is 140 Å². The summed E-state index contributed by atoms with van der Waals surface area (Å²) in [6.45, 7) is -0.205. The molecule has 23 heavy (non-hydrogen) atoms. The summed E-state index contributed by atoms with van der Waals surface area (Å²) in [5.41, 5.74) is 1.19. The minimum Gasteiger partial charge on any atom is -0.324 e. The van der Waals surface area contributed by atoms with E-state index in [9.17, 15) is 13.2 Å². The number of aromatic nitrogens is 1. The van der Waals surface area contributed by atoms with Crippen LogP contribution >= 0.6 is 11.6 Å². The largest absolute Gasteiger partial charge is 0.324 e. The molecule has 2 aromatic rings. The average Bonchev–Trinajstić information content (AvgIpc) is 2.49. The number of carbonyl (C=O) groups is 1. The third-order valence-electron chi connectivity index (χ3n) is 3.05. The highest BCUT2D eigenvalue weighted by atomic mass is 35.5. The molecule has 1 aromatic carbocycles. The van der Waals surface area contributed by atoms with E-state index in [1.54, 1.807) is 48.8 Å². The third-order valence-corrected chi connectivity index (χ3v) is 4.57. The van der Waals surface area contributed by atoms with E-state index in [2.05, 4.69) is 10.3 Å². The fourth-order valence-corrected chi connectivity index (χ4v) is 2.81. The summed E-state index contributed by atoms with van der Waals surface area (Å²) in [5, 5.41) is 3.00. The highest BCUT2D eigenvalue weighted by Crippen LogP contribution is 2.20. The molecule has 6 nitrogen and oxygen atoms in total. The summed E-state index contributed by atoms with van der Waals surface area (Å²) in [6.07, 6.45) is 4.20. The van der Waals surface area contributed by atoms with Crippen molar-refractivity contribution >= 4 is 33.2 Å². The van der Waals surface area contributed by atoms with Crippen molar-refractivity contribution in [3.63, 3.8) is 0 Å². The van der Waals surface area contributed by atoms with E-state index in [4.69, 9.17) is 11.6 Å². The van der Waals surface area contributed by atoms with Crippen LogP contribution in [0.2, 0.25) is 5.02 Å². The highest BCUT2D eigenvalue weighted by molar-refractivity contribution is 7.88. The minimum atomic E-state index is -3.54. The number of halogens is 1. The van der Waals surface area contributed by atoms with Gasteiger partial charge < -0.3 is 5.32 Å². The Morgan fingerprint density at radius 3 is 2.48 bits per heavy atom. The Hall–Kier alpha value is -1.96. The lowest BCUT2D eigenvalue weighted by molar-refractivity contribution is -0.116. The van der Waals surface area contributed by atoms with E-state index in [1.165, 1.54) is 0 Å². The first-order chi connectivity index (χ1) is 10.9. The first kappa shape index (κ1) is 17.4. The summed E-state index contributed by atoms with van der Waals surface area (Å²) in [7, 11) is -3.54. The molecule has 1 heterocycles. The normalized spacial score (nSPS) is 11.4. The van der Waals surface area contributed by atoms with Crippen molar-refractivity contribution in [3.05, 3.63) is 59.4 Å². The molecule has 0 unspecified atom stereocenters. The molecule has 0 spiro atoms. The van der Waals surface area contributed by atoms with Gasteiger partial charge in [-0.2, -0.15) is 4.31 Å². The summed E-state index contributed by atoms with van der Waals surface area (Å²) < 4.78 is 24.9. The van der Waals surface area contributed by atoms with Crippen LogP contribution in [0.5, 0.6) is 0 Å². The summed E-state index contributed by atoms with van der Waals surface area (Å²) >= 11 is 5.97. The maximum atomic E-state index is 12.1. The average molecular weight is 354 g/mol. The van der Waals surface area contributed by atoms with Crippen molar-refractivity contribution in [3.8, 4) is 0 Å². The minimum absolute atomic E-state index is 0.0945. The van der Waals surface area contributed by atoms with Gasteiger partial charge >= 0.3 is 0 Å². The molecule has 0 aliphatic carbocycles. The monoisotopic (exact) mass is 353 g/mol. The Balaban J connectivity index is 2.09. The van der Waals surface area contributed by atoms with Crippen LogP contribution in [0.4, 0.5) is 5.69 Å². The van der Waals surface area contributed by atoms with Gasteiger partial charge in [0, 0.05) is 18.9 Å². The molecular formula is C15H16ClN3O3S. The van der Waals surface area contributed by atoms with Gasteiger partial charge in [0.2, 0.25) is 15.9 Å². The molecule has 0 saturated heterocycles. The number of nitrogens with zero attached hydrogens (tertiary/aromatic N) is 2. The Morgan fingerprint density at radius 2 is 1.87 bits per heavy atom. The predicted octanol–water partition coefficient (Wildman–Crippen LogP) is 2.14. The molecule has 1 N–H and O–H groups in total. The van der Waals surface area contributed by atoms with Crippen LogP contribution in [0, 0.1) is 0 Å². The van der Waals surface area contributed by atoms with E-state index < -0.39 is 15.9 Å². The number of anilines is 1. The van der Waals surface area contributed by atoms with Crippen molar-refractivity contribution in [1.82, 2.24) is 9.29 Å². The van der Waals surface area contributed by atoms with E-state index in [0.29, 0.717) is 10.7 Å². The number of nitrogens with one attached hydrogen (secondary N) is 1. The van der Waals surface area contributed by atoms with Crippen LogP contribution in [0.15, 0.2) is 48.8 Å². The van der Waals surface area contributed by atoms with Gasteiger partial charge in [-0.25, -0.2) is 8.42 Å². The number of hydrogen-bond acceptors (Lipinski definition) is 4. The molecule has 0 fully saturated rings. The summed E-state index contributed by atoms with van der Waals surface area (Å²) in [5.74, 6) is -0.461. The number of para-hydroxylation sites is 1. The number of amides is 1. The van der Waals surface area contributed by atoms with Gasteiger partial charge in [0.25, 0.3) is 0 Å². The molecule has 0 aliphatic heterocycles. The molecule has 0 bridgehead atoms. The zero-order chi connectivity index (χ0) is 16.9. The topological polar surface area (TPSA) is 79.4 Å². The van der Waals surface area contributed by atoms with Gasteiger partial charge in [-0.05, 0) is 29.8 Å². The molecular weight excluding hydrogens is 338 g/mol. The Morgan fingerprint density at radius 1 is 1.22 bits per heavy atom. The summed E-state index contributed by atoms with van der Waals surface area (Å²) in [6, 6.07) is 10.2. The van der Waals surface area contributed by atoms with Crippen LogP contribution < -0.4 is 5.32 Å². The van der Waals surface area contributed by atoms with Crippen molar-refractivity contribution in [1.29, 1.82) is 0 Å². The molecule has 8 heteroatoms. The highest BCUT2D eigenvalue weighted by Gasteiger charge is 2.21. The summed E-state index contributed by atoms with van der Waals surface area (Å²) in [4.78, 5) is 16.0. The number of carbonyl (C=O) groups excluding carboxylic acids is 1. The van der Waals surface area contributed by atoms with E-state index in [1.807, 2.05) is 0 Å². The van der Waals surface area contributed by atoms with Gasteiger partial charge in [0.05, 0.1) is 23.5 Å². The van der Waals surface area contributed by atoms with Crippen LogP contribution in [-0.4, -0.2) is 36.4 Å². The van der Waals surface area contributed by atoms with Gasteiger partial charge in [0.15, 0.2) is 0 Å². The molecule has 1 amide bonds. The lowest BCUT2D eigenvalue weighted by atomic mass is 10.2. The van der Waals surface area contributed by atoms with E-state index in [-0.39, 0.29) is 13.1 Å². The molecule has 122 valence electrons. The number of rotatable bonds is 6. The second-order valence-corrected chi connectivity index (χ2v) is 7.30. The standard InChI is InChI=1S/C15H16ClN3O3S/c1-23(21,22)19(10-12-6-8-17-9-7-12)11-15(20)18-14-5-3-2-4-13(14)16/h2-9H,10-11H2,1H3,(H,18,20). The number of sulfonamides is 1. The van der Waals surface area contributed by atoms with Gasteiger partial charge in [-0.3, -0.25) is 9.78 Å². The maximum absolute atomic E-state index is 12.1. The van der Waals surface area contributed by atoms with Crippen LogP contribution in [0.3, 0.4) is 0 Å². The first-order valence-electron chi connectivity index (χ1n) is 6.74. The second-order valence-electron chi connectivity index (χ2n) is 4.91. The van der Waals surface area contributed by atoms with Crippen LogP contribution in [0.25, 0.3) is 0 Å². The molecule has 1 aromatic heterocycles. The first-order valence-corrected chi connectivity index (χ1v) is 8.97. The number of hydrogen-bond donors (Lipinski definition) is 1. The third kappa shape index (κ3) is 5.31. The zero-order valence-corrected chi connectivity index (χ0v) is 14.0. The van der Waals surface area contributed by atoms with E-state index in [0.717, 1.165) is 16.1 Å². The van der Waals surface area contributed by atoms with Crippen LogP contribution in [-0.2, 0) is 21.4 Å². The molecule has 0 atom stereocenters. The quantitative estimate of drug-likeness (QED) is 0.862. The van der Waals surface area contributed by atoms with Crippen molar-refractivity contribution in [2.45, 2.75) is 6.54 Å². The molecule has 2 rings (SSSR count). The number of benzene rings is 1. The molecule has 0 saturated carbocycles. The number of pyridine rings is 1. The van der Waals surface area contributed by atoms with E-state index >= 15 is 0 Å². The second kappa shape index (κ2) is 7.54. The lowest BCUT2D eigenvalue weighted by Crippen LogP contribution is -2.36. The van der Waals surface area contributed by atoms with Crippen molar-refractivity contribution in [2.24, 2.45) is 0 Å². The zero-order valence-electron chi connectivity index (χ0n) is 12.4. The van der Waals surface area contributed by atoms with Crippen molar-refractivity contribution < 1.29 is 13.2 Å². The molecule has 0 aliphatic rings. The lowest BCUT2D eigenvalue weighted by Gasteiger charge is -2.19. The van der Waals surface area contributed by atoms with Crippen molar-refractivity contribution in [2.75, 3.05) is 18.1 Å². The van der Waals surface area contributed by atoms with Gasteiger partial charge in [-0.1, -0.05) is 23.7 Å².